The Bertz CT molecular complexity index is 1360. The van der Waals surface area contributed by atoms with Crippen LogP contribution in [-0.2, 0) is 6.61 Å². The van der Waals surface area contributed by atoms with Crippen LogP contribution in [0, 0.1) is 6.92 Å². The molecule has 0 saturated heterocycles. The minimum Gasteiger partial charge on any atom is -0.489 e. The predicted octanol–water partition coefficient (Wildman–Crippen LogP) is 4.99. The lowest BCUT2D eigenvalue weighted by atomic mass is 10.2. The number of anilines is 1. The molecule has 0 bridgehead atoms. The van der Waals surface area contributed by atoms with Gasteiger partial charge in [-0.2, -0.15) is 9.61 Å². The Labute approximate surface area is 188 Å². The Morgan fingerprint density at radius 2 is 1.72 bits per heavy atom. The van der Waals surface area contributed by atoms with Crippen molar-refractivity contribution in [3.05, 3.63) is 95.8 Å². The van der Waals surface area contributed by atoms with Gasteiger partial charge in [-0.1, -0.05) is 41.7 Å². The molecule has 0 fully saturated rings. The number of carbonyl (C=O) groups excluding carboxylic acids is 1. The lowest BCUT2D eigenvalue weighted by Crippen LogP contribution is -2.11. The number of ether oxygens (including phenoxy) is 1. The number of fused-ring (bicyclic) bond motifs is 1. The van der Waals surface area contributed by atoms with Gasteiger partial charge in [-0.05, 0) is 61.0 Å². The molecular formula is C24H19N5O2S. The number of aromatic nitrogens is 4. The van der Waals surface area contributed by atoms with E-state index in [2.05, 4.69) is 20.6 Å². The average Bonchev–Trinajstić information content (AvgIpc) is 3.41. The second-order valence-corrected chi connectivity index (χ2v) is 8.13. The van der Waals surface area contributed by atoms with E-state index in [9.17, 15) is 4.79 Å². The van der Waals surface area contributed by atoms with Gasteiger partial charge >= 0.3 is 0 Å². The van der Waals surface area contributed by atoms with E-state index in [1.165, 1.54) is 11.3 Å². The third-order valence-corrected chi connectivity index (χ3v) is 5.85. The lowest BCUT2D eigenvalue weighted by molar-refractivity contribution is 0.102. The Morgan fingerprint density at radius 3 is 2.44 bits per heavy atom. The molecule has 158 valence electrons. The van der Waals surface area contributed by atoms with Crippen molar-refractivity contribution in [2.75, 3.05) is 5.32 Å². The summed E-state index contributed by atoms with van der Waals surface area (Å²) in [5.41, 5.74) is 3.32. The van der Waals surface area contributed by atoms with Crippen LogP contribution in [0.25, 0.3) is 15.5 Å². The van der Waals surface area contributed by atoms with E-state index in [1.54, 1.807) is 28.8 Å². The van der Waals surface area contributed by atoms with Crippen LogP contribution in [0.15, 0.2) is 78.9 Å². The molecule has 5 aromatic rings. The topological polar surface area (TPSA) is 81.4 Å². The van der Waals surface area contributed by atoms with E-state index in [-0.39, 0.29) is 5.91 Å². The summed E-state index contributed by atoms with van der Waals surface area (Å²) in [5, 5.41) is 16.4. The molecule has 8 heteroatoms. The number of benzene rings is 3. The van der Waals surface area contributed by atoms with E-state index in [0.717, 1.165) is 32.7 Å². The average molecular weight is 442 g/mol. The predicted molar refractivity (Wildman–Crippen MR) is 124 cm³/mol. The van der Waals surface area contributed by atoms with Crippen molar-refractivity contribution in [3.8, 4) is 16.3 Å². The highest BCUT2D eigenvalue weighted by Crippen LogP contribution is 2.26. The van der Waals surface area contributed by atoms with Gasteiger partial charge in [0, 0.05) is 16.8 Å². The summed E-state index contributed by atoms with van der Waals surface area (Å²) in [6, 6.07) is 24.6. The summed E-state index contributed by atoms with van der Waals surface area (Å²) in [6.45, 7) is 2.35. The van der Waals surface area contributed by atoms with Gasteiger partial charge in [-0.15, -0.1) is 10.2 Å². The van der Waals surface area contributed by atoms with Crippen LogP contribution < -0.4 is 10.1 Å². The van der Waals surface area contributed by atoms with Gasteiger partial charge in [0.1, 0.15) is 17.4 Å². The van der Waals surface area contributed by atoms with E-state index in [1.807, 2.05) is 61.5 Å². The minimum absolute atomic E-state index is 0.179. The fraction of sp³-hybridized carbons (Fsp3) is 0.0833. The van der Waals surface area contributed by atoms with Crippen molar-refractivity contribution in [1.29, 1.82) is 0 Å². The van der Waals surface area contributed by atoms with Gasteiger partial charge in [-0.3, -0.25) is 4.79 Å². The zero-order valence-corrected chi connectivity index (χ0v) is 18.0. The number of carbonyl (C=O) groups is 1. The SMILES string of the molecule is Cc1nnc2sc(-c3ccc(NC(=O)c4ccc(OCc5ccccc5)cc4)cc3)nn12. The molecule has 0 aliphatic carbocycles. The maximum absolute atomic E-state index is 12.6. The van der Waals surface area contributed by atoms with Crippen molar-refractivity contribution in [3.63, 3.8) is 0 Å². The highest BCUT2D eigenvalue weighted by Gasteiger charge is 2.11. The minimum atomic E-state index is -0.179. The summed E-state index contributed by atoms with van der Waals surface area (Å²) < 4.78 is 7.50. The second-order valence-electron chi connectivity index (χ2n) is 7.18. The van der Waals surface area contributed by atoms with Crippen LogP contribution in [0.4, 0.5) is 5.69 Å². The van der Waals surface area contributed by atoms with Crippen LogP contribution in [-0.4, -0.2) is 25.7 Å². The number of nitrogens with one attached hydrogen (secondary N) is 1. The molecule has 0 radical (unpaired) electrons. The lowest BCUT2D eigenvalue weighted by Gasteiger charge is -2.08. The maximum Gasteiger partial charge on any atom is 0.255 e. The molecule has 2 aromatic heterocycles. The van der Waals surface area contributed by atoms with Crippen molar-refractivity contribution in [2.24, 2.45) is 0 Å². The first kappa shape index (κ1) is 19.9. The van der Waals surface area contributed by atoms with Crippen molar-refractivity contribution in [1.82, 2.24) is 19.8 Å². The van der Waals surface area contributed by atoms with E-state index < -0.39 is 0 Å². The molecule has 3 aromatic carbocycles. The quantitative estimate of drug-likeness (QED) is 0.401. The smallest absolute Gasteiger partial charge is 0.255 e. The zero-order chi connectivity index (χ0) is 21.9. The molecule has 0 aliphatic heterocycles. The summed E-state index contributed by atoms with van der Waals surface area (Å²) in [5.74, 6) is 1.29. The van der Waals surface area contributed by atoms with Gasteiger partial charge in [0.2, 0.25) is 4.96 Å². The molecule has 0 spiro atoms. The van der Waals surface area contributed by atoms with Gasteiger partial charge in [0.15, 0.2) is 5.82 Å². The number of rotatable bonds is 6. The molecule has 0 aliphatic rings. The molecule has 32 heavy (non-hydrogen) atoms. The van der Waals surface area contributed by atoms with Crippen LogP contribution in [0.5, 0.6) is 5.75 Å². The summed E-state index contributed by atoms with van der Waals surface area (Å²) in [6.07, 6.45) is 0. The monoisotopic (exact) mass is 441 g/mol. The Kier molecular flexibility index (Phi) is 5.35. The third-order valence-electron chi connectivity index (χ3n) is 4.90. The molecule has 1 amide bonds. The number of amides is 1. The molecule has 2 heterocycles. The fourth-order valence-corrected chi connectivity index (χ4v) is 4.06. The molecule has 0 atom stereocenters. The Balaban J connectivity index is 1.21. The number of aryl methyl sites for hydroxylation is 1. The molecule has 1 N–H and O–H groups in total. The van der Waals surface area contributed by atoms with Crippen molar-refractivity contribution < 1.29 is 9.53 Å². The molecule has 0 unspecified atom stereocenters. The largest absolute Gasteiger partial charge is 0.489 e. The Hall–Kier alpha value is -4.04. The van der Waals surface area contributed by atoms with E-state index >= 15 is 0 Å². The van der Waals surface area contributed by atoms with Gasteiger partial charge < -0.3 is 10.1 Å². The maximum atomic E-state index is 12.6. The highest BCUT2D eigenvalue weighted by atomic mass is 32.1. The fourth-order valence-electron chi connectivity index (χ4n) is 3.17. The number of hydrogen-bond acceptors (Lipinski definition) is 6. The van der Waals surface area contributed by atoms with E-state index in [0.29, 0.717) is 17.9 Å². The molecular weight excluding hydrogens is 422 g/mol. The second kappa shape index (κ2) is 8.60. The van der Waals surface area contributed by atoms with Crippen LogP contribution >= 0.6 is 11.3 Å². The van der Waals surface area contributed by atoms with E-state index in [4.69, 9.17) is 4.74 Å². The van der Waals surface area contributed by atoms with Gasteiger partial charge in [-0.25, -0.2) is 0 Å². The molecule has 5 rings (SSSR count). The first-order valence-corrected chi connectivity index (χ1v) is 10.8. The van der Waals surface area contributed by atoms with Crippen molar-refractivity contribution >= 4 is 27.9 Å². The van der Waals surface area contributed by atoms with Gasteiger partial charge in [0.25, 0.3) is 5.91 Å². The van der Waals surface area contributed by atoms with Crippen LogP contribution in [0.1, 0.15) is 21.7 Å². The van der Waals surface area contributed by atoms with Crippen LogP contribution in [0.3, 0.4) is 0 Å². The standard InChI is InChI=1S/C24H19N5O2S/c1-16-26-27-24-29(16)28-23(32-24)19-7-11-20(12-8-19)25-22(30)18-9-13-21(14-10-18)31-15-17-5-3-2-4-6-17/h2-14H,15H2,1H3,(H,25,30). The summed E-state index contributed by atoms with van der Waals surface area (Å²) >= 11 is 1.47. The summed E-state index contributed by atoms with van der Waals surface area (Å²) in [7, 11) is 0. The Morgan fingerprint density at radius 1 is 0.969 bits per heavy atom. The zero-order valence-electron chi connectivity index (χ0n) is 17.2. The summed E-state index contributed by atoms with van der Waals surface area (Å²) in [4.78, 5) is 13.4. The number of hydrogen-bond donors (Lipinski definition) is 1. The number of nitrogens with zero attached hydrogens (tertiary/aromatic N) is 4. The highest BCUT2D eigenvalue weighted by molar-refractivity contribution is 7.19. The molecule has 7 nitrogen and oxygen atoms in total. The first-order chi connectivity index (χ1) is 15.7. The first-order valence-electron chi connectivity index (χ1n) is 10.0. The molecule has 0 saturated carbocycles. The van der Waals surface area contributed by atoms with Gasteiger partial charge in [0.05, 0.1) is 0 Å². The van der Waals surface area contributed by atoms with Crippen molar-refractivity contribution in [2.45, 2.75) is 13.5 Å². The normalized spacial score (nSPS) is 10.9. The third kappa shape index (κ3) is 4.21. The van der Waals surface area contributed by atoms with Crippen LogP contribution in [0.2, 0.25) is 0 Å².